The van der Waals surface area contributed by atoms with E-state index in [0.717, 1.165) is 5.56 Å². The molecule has 21 heavy (non-hydrogen) atoms. The van der Waals surface area contributed by atoms with Crippen LogP contribution in [0.15, 0.2) is 40.9 Å². The number of alkyl halides is 2. The molecule has 0 aliphatic carbocycles. The maximum Gasteiger partial charge on any atom is 0.387 e. The van der Waals surface area contributed by atoms with E-state index in [2.05, 4.69) is 26.0 Å². The third-order valence-corrected chi connectivity index (χ3v) is 3.42. The molecule has 0 amide bonds. The van der Waals surface area contributed by atoms with E-state index in [1.54, 1.807) is 24.3 Å². The number of halogens is 4. The number of ether oxygens (including phenoxy) is 1. The van der Waals surface area contributed by atoms with Crippen LogP contribution in [0.1, 0.15) is 5.56 Å². The molecule has 0 aliphatic rings. The molecule has 2 aromatic carbocycles. The zero-order valence-electron chi connectivity index (χ0n) is 10.6. The molecular formula is C14H11BrClF2NO2. The highest BCUT2D eigenvalue weighted by atomic mass is 79.9. The summed E-state index contributed by atoms with van der Waals surface area (Å²) in [5.41, 5.74) is 1.12. The van der Waals surface area contributed by atoms with Gasteiger partial charge in [-0.15, -0.1) is 0 Å². The summed E-state index contributed by atoms with van der Waals surface area (Å²) in [6, 6.07) is 9.56. The molecule has 0 saturated carbocycles. The number of nitrogens with one attached hydrogen (secondary N) is 1. The maximum absolute atomic E-state index is 12.5. The lowest BCUT2D eigenvalue weighted by atomic mass is 10.2. The largest absolute Gasteiger partial charge is 0.508 e. The summed E-state index contributed by atoms with van der Waals surface area (Å²) in [6.45, 7) is -2.62. The quantitative estimate of drug-likeness (QED) is 0.767. The van der Waals surface area contributed by atoms with E-state index < -0.39 is 6.61 Å². The average molecular weight is 379 g/mol. The molecule has 2 N–H and O–H groups in total. The van der Waals surface area contributed by atoms with Gasteiger partial charge in [-0.2, -0.15) is 8.78 Å². The van der Waals surface area contributed by atoms with Crippen molar-refractivity contribution in [1.29, 1.82) is 0 Å². The zero-order chi connectivity index (χ0) is 15.4. The highest BCUT2D eigenvalue weighted by Gasteiger charge is 2.14. The highest BCUT2D eigenvalue weighted by molar-refractivity contribution is 9.10. The first kappa shape index (κ1) is 15.9. The number of phenols is 1. The average Bonchev–Trinajstić information content (AvgIpc) is 2.39. The summed E-state index contributed by atoms with van der Waals surface area (Å²) in [5.74, 6) is 0.111. The number of rotatable bonds is 5. The highest BCUT2D eigenvalue weighted by Crippen LogP contribution is 2.37. The molecule has 2 aromatic rings. The Hall–Kier alpha value is -1.53. The topological polar surface area (TPSA) is 41.5 Å². The molecule has 112 valence electrons. The van der Waals surface area contributed by atoms with Crippen LogP contribution in [0, 0.1) is 0 Å². The van der Waals surface area contributed by atoms with E-state index in [1.807, 2.05) is 0 Å². The fourth-order valence-corrected chi connectivity index (χ4v) is 2.67. The van der Waals surface area contributed by atoms with Crippen LogP contribution < -0.4 is 10.1 Å². The van der Waals surface area contributed by atoms with Crippen molar-refractivity contribution in [3.63, 3.8) is 0 Å². The normalized spacial score (nSPS) is 10.7. The lowest BCUT2D eigenvalue weighted by Gasteiger charge is -2.15. The first-order chi connectivity index (χ1) is 9.95. The molecule has 0 fully saturated rings. The van der Waals surface area contributed by atoms with Gasteiger partial charge in [0.25, 0.3) is 0 Å². The Labute approximate surface area is 133 Å². The zero-order valence-corrected chi connectivity index (χ0v) is 13.0. The Bertz CT molecular complexity index is 640. The lowest BCUT2D eigenvalue weighted by molar-refractivity contribution is -0.0498. The molecule has 0 aliphatic heterocycles. The molecule has 0 spiro atoms. The van der Waals surface area contributed by atoms with Crippen molar-refractivity contribution in [2.75, 3.05) is 5.32 Å². The number of aromatic hydroxyl groups is 1. The first-order valence-corrected chi connectivity index (χ1v) is 7.08. The molecule has 0 heterocycles. The molecule has 0 radical (unpaired) electrons. The Morgan fingerprint density at radius 3 is 2.71 bits per heavy atom. The Balaban J connectivity index is 2.22. The van der Waals surface area contributed by atoms with E-state index in [-0.39, 0.29) is 11.5 Å². The van der Waals surface area contributed by atoms with Crippen molar-refractivity contribution in [1.82, 2.24) is 0 Å². The smallest absolute Gasteiger partial charge is 0.387 e. The SMILES string of the molecule is Oc1cccc(CNc2cc(Cl)cc(Br)c2OC(F)F)c1. The predicted molar refractivity (Wildman–Crippen MR) is 81.2 cm³/mol. The van der Waals surface area contributed by atoms with Crippen LogP contribution >= 0.6 is 27.5 Å². The van der Waals surface area contributed by atoms with Crippen molar-refractivity contribution >= 4 is 33.2 Å². The van der Waals surface area contributed by atoms with Crippen LogP contribution in [0.2, 0.25) is 5.02 Å². The second-order valence-corrected chi connectivity index (χ2v) is 5.46. The lowest BCUT2D eigenvalue weighted by Crippen LogP contribution is -2.07. The molecule has 0 atom stereocenters. The van der Waals surface area contributed by atoms with Gasteiger partial charge in [0.05, 0.1) is 10.2 Å². The molecular weight excluding hydrogens is 368 g/mol. The van der Waals surface area contributed by atoms with Crippen LogP contribution in [0.3, 0.4) is 0 Å². The van der Waals surface area contributed by atoms with Gasteiger partial charge in [-0.1, -0.05) is 23.7 Å². The minimum absolute atomic E-state index is 0.0189. The van der Waals surface area contributed by atoms with E-state index in [1.165, 1.54) is 12.1 Å². The molecule has 3 nitrogen and oxygen atoms in total. The Morgan fingerprint density at radius 2 is 2.05 bits per heavy atom. The molecule has 0 bridgehead atoms. The van der Waals surface area contributed by atoms with Gasteiger partial charge in [-0.05, 0) is 45.8 Å². The Morgan fingerprint density at radius 1 is 1.29 bits per heavy atom. The number of phenolic OH excluding ortho intramolecular Hbond substituents is 1. The number of hydrogen-bond acceptors (Lipinski definition) is 3. The van der Waals surface area contributed by atoms with Crippen LogP contribution in [0.25, 0.3) is 0 Å². The third kappa shape index (κ3) is 4.47. The van der Waals surface area contributed by atoms with Crippen LogP contribution in [-0.4, -0.2) is 11.7 Å². The minimum Gasteiger partial charge on any atom is -0.508 e. The van der Waals surface area contributed by atoms with Crippen molar-refractivity contribution in [2.45, 2.75) is 13.2 Å². The standard InChI is InChI=1S/C14H11BrClF2NO2/c15-11-5-9(16)6-12(13(11)21-14(17)18)19-7-8-2-1-3-10(20)4-8/h1-6,14,19-20H,7H2. The van der Waals surface area contributed by atoms with Crippen LogP contribution in [0.5, 0.6) is 11.5 Å². The van der Waals surface area contributed by atoms with Gasteiger partial charge in [-0.3, -0.25) is 0 Å². The maximum atomic E-state index is 12.5. The predicted octanol–water partition coefficient (Wildman–Crippen LogP) is 5.02. The van der Waals surface area contributed by atoms with E-state index in [4.69, 9.17) is 11.6 Å². The molecule has 0 aromatic heterocycles. The summed E-state index contributed by atoms with van der Waals surface area (Å²) in [7, 11) is 0. The number of hydrogen-bond donors (Lipinski definition) is 2. The second-order valence-electron chi connectivity index (χ2n) is 4.17. The van der Waals surface area contributed by atoms with Gasteiger partial charge in [0, 0.05) is 11.6 Å². The second kappa shape index (κ2) is 6.95. The number of benzene rings is 2. The monoisotopic (exact) mass is 377 g/mol. The summed E-state index contributed by atoms with van der Waals surface area (Å²) in [4.78, 5) is 0. The van der Waals surface area contributed by atoms with Crippen LogP contribution in [0.4, 0.5) is 14.5 Å². The van der Waals surface area contributed by atoms with E-state index in [9.17, 15) is 13.9 Å². The van der Waals surface area contributed by atoms with Gasteiger partial charge in [0.1, 0.15) is 5.75 Å². The van der Waals surface area contributed by atoms with Crippen molar-refractivity contribution in [3.8, 4) is 11.5 Å². The number of anilines is 1. The molecule has 7 heteroatoms. The Kier molecular flexibility index (Phi) is 5.25. The minimum atomic E-state index is -2.94. The third-order valence-electron chi connectivity index (χ3n) is 2.61. The van der Waals surface area contributed by atoms with Gasteiger partial charge in [-0.25, -0.2) is 0 Å². The van der Waals surface area contributed by atoms with Gasteiger partial charge >= 0.3 is 6.61 Å². The van der Waals surface area contributed by atoms with Crippen LogP contribution in [-0.2, 0) is 6.54 Å². The summed E-state index contributed by atoms with van der Waals surface area (Å²) >= 11 is 9.05. The summed E-state index contributed by atoms with van der Waals surface area (Å²) in [5, 5.41) is 12.7. The fourth-order valence-electron chi connectivity index (χ4n) is 1.76. The van der Waals surface area contributed by atoms with Gasteiger partial charge < -0.3 is 15.2 Å². The first-order valence-electron chi connectivity index (χ1n) is 5.91. The molecule has 0 unspecified atom stereocenters. The molecule has 0 saturated heterocycles. The van der Waals surface area contributed by atoms with E-state index in [0.29, 0.717) is 21.7 Å². The summed E-state index contributed by atoms with van der Waals surface area (Å²) in [6.07, 6.45) is 0. The fraction of sp³-hybridized carbons (Fsp3) is 0.143. The summed E-state index contributed by atoms with van der Waals surface area (Å²) < 4.78 is 29.7. The molecule has 2 rings (SSSR count). The van der Waals surface area contributed by atoms with Gasteiger partial charge in [0.15, 0.2) is 5.75 Å². The van der Waals surface area contributed by atoms with Crippen molar-refractivity contribution in [3.05, 3.63) is 51.5 Å². The van der Waals surface area contributed by atoms with E-state index >= 15 is 0 Å². The van der Waals surface area contributed by atoms with Crippen molar-refractivity contribution < 1.29 is 18.6 Å². The van der Waals surface area contributed by atoms with Crippen molar-refractivity contribution in [2.24, 2.45) is 0 Å². The van der Waals surface area contributed by atoms with Gasteiger partial charge in [0.2, 0.25) is 0 Å².